The van der Waals surface area contributed by atoms with Gasteiger partial charge < -0.3 is 4.74 Å². The summed E-state index contributed by atoms with van der Waals surface area (Å²) in [6.45, 7) is 4.37. The van der Waals surface area contributed by atoms with Crippen LogP contribution in [-0.2, 0) is 9.53 Å². The Bertz CT molecular complexity index is 497. The molecular weight excluding hydrogens is 279 g/mol. The van der Waals surface area contributed by atoms with E-state index in [2.05, 4.69) is 10.2 Å². The molecular formula is C11H14F3N3O3. The zero-order valence-electron chi connectivity index (χ0n) is 11.1. The Labute approximate surface area is 112 Å². The van der Waals surface area contributed by atoms with E-state index in [1.807, 2.05) is 0 Å². The van der Waals surface area contributed by atoms with E-state index in [0.29, 0.717) is 4.90 Å². The van der Waals surface area contributed by atoms with E-state index >= 15 is 0 Å². The van der Waals surface area contributed by atoms with Gasteiger partial charge in [-0.15, -0.1) is 0 Å². The number of H-pyrrole nitrogens is 1. The molecule has 6 nitrogen and oxygen atoms in total. The molecule has 0 aromatic carbocycles. The smallest absolute Gasteiger partial charge is 0.462 e. The first-order chi connectivity index (χ1) is 9.20. The maximum atomic E-state index is 12.6. The van der Waals surface area contributed by atoms with Crippen molar-refractivity contribution in [3.63, 3.8) is 0 Å². The van der Waals surface area contributed by atoms with Gasteiger partial charge in [0.05, 0.1) is 6.61 Å². The van der Waals surface area contributed by atoms with E-state index in [1.54, 1.807) is 6.92 Å². The van der Waals surface area contributed by atoms with Crippen LogP contribution in [0, 0.1) is 0 Å². The SMILES string of the molecule is CCOC(=O)c1c[nH]nc1N(C(=O)C(F)(F)F)C(C)C. The fourth-order valence-electron chi connectivity index (χ4n) is 1.54. The number of ether oxygens (including phenoxy) is 1. The molecule has 1 aromatic heterocycles. The molecule has 112 valence electrons. The first-order valence-electron chi connectivity index (χ1n) is 5.81. The maximum Gasteiger partial charge on any atom is 0.471 e. The summed E-state index contributed by atoms with van der Waals surface area (Å²) < 4.78 is 42.5. The highest BCUT2D eigenvalue weighted by Crippen LogP contribution is 2.27. The van der Waals surface area contributed by atoms with Crippen molar-refractivity contribution in [3.05, 3.63) is 11.8 Å². The van der Waals surface area contributed by atoms with Crippen molar-refractivity contribution in [2.75, 3.05) is 11.5 Å². The zero-order chi connectivity index (χ0) is 15.5. The normalized spacial score (nSPS) is 11.6. The average molecular weight is 293 g/mol. The standard InChI is InChI=1S/C11H14F3N3O3/c1-4-20-9(18)7-5-15-16-8(7)17(6(2)3)10(19)11(12,13)14/h5-6H,4H2,1-3H3,(H,15,16). The number of nitrogens with zero attached hydrogens (tertiary/aromatic N) is 2. The fourth-order valence-corrected chi connectivity index (χ4v) is 1.54. The minimum atomic E-state index is -5.06. The monoisotopic (exact) mass is 293 g/mol. The van der Waals surface area contributed by atoms with Crippen LogP contribution in [0.2, 0.25) is 0 Å². The highest BCUT2D eigenvalue weighted by atomic mass is 19.4. The van der Waals surface area contributed by atoms with E-state index in [-0.39, 0.29) is 12.2 Å². The molecule has 0 aliphatic heterocycles. The number of hydrogen-bond acceptors (Lipinski definition) is 4. The van der Waals surface area contributed by atoms with Crippen molar-refractivity contribution >= 4 is 17.7 Å². The van der Waals surface area contributed by atoms with Crippen LogP contribution in [-0.4, -0.2) is 40.9 Å². The number of carbonyl (C=O) groups excluding carboxylic acids is 2. The number of rotatable bonds is 4. The predicted molar refractivity (Wildman–Crippen MR) is 63.2 cm³/mol. The van der Waals surface area contributed by atoms with Crippen LogP contribution < -0.4 is 4.90 Å². The Morgan fingerprint density at radius 3 is 2.50 bits per heavy atom. The Morgan fingerprint density at radius 2 is 2.05 bits per heavy atom. The lowest BCUT2D eigenvalue weighted by atomic mass is 10.2. The first-order valence-corrected chi connectivity index (χ1v) is 5.81. The fraction of sp³-hybridized carbons (Fsp3) is 0.545. The summed E-state index contributed by atoms with van der Waals surface area (Å²) in [7, 11) is 0. The lowest BCUT2D eigenvalue weighted by Crippen LogP contribution is -2.46. The van der Waals surface area contributed by atoms with Crippen LogP contribution in [0.15, 0.2) is 6.20 Å². The predicted octanol–water partition coefficient (Wildman–Crippen LogP) is 1.89. The third-order valence-corrected chi connectivity index (χ3v) is 2.32. The van der Waals surface area contributed by atoms with Crippen LogP contribution in [0.25, 0.3) is 0 Å². The number of nitrogens with one attached hydrogen (secondary N) is 1. The molecule has 0 atom stereocenters. The van der Waals surface area contributed by atoms with Crippen LogP contribution in [0.5, 0.6) is 0 Å². The van der Waals surface area contributed by atoms with Crippen LogP contribution in [0.3, 0.4) is 0 Å². The second kappa shape index (κ2) is 5.93. The van der Waals surface area contributed by atoms with Gasteiger partial charge in [0.15, 0.2) is 5.82 Å². The summed E-state index contributed by atoms with van der Waals surface area (Å²) in [5.41, 5.74) is -0.224. The molecule has 1 amide bonds. The van der Waals surface area contributed by atoms with E-state index in [9.17, 15) is 22.8 Å². The number of halogens is 3. The van der Waals surface area contributed by atoms with Gasteiger partial charge in [0.1, 0.15) is 5.56 Å². The van der Waals surface area contributed by atoms with Crippen molar-refractivity contribution in [2.45, 2.75) is 33.0 Å². The topological polar surface area (TPSA) is 75.3 Å². The van der Waals surface area contributed by atoms with Gasteiger partial charge in [-0.1, -0.05) is 0 Å². The molecule has 0 aliphatic carbocycles. The molecule has 0 bridgehead atoms. The van der Waals surface area contributed by atoms with Gasteiger partial charge in [-0.25, -0.2) is 4.79 Å². The number of amides is 1. The number of aromatic amines is 1. The van der Waals surface area contributed by atoms with Gasteiger partial charge >= 0.3 is 18.1 Å². The van der Waals surface area contributed by atoms with Crippen molar-refractivity contribution < 1.29 is 27.5 Å². The molecule has 0 fully saturated rings. The molecule has 1 aromatic rings. The Hall–Kier alpha value is -2.06. The Morgan fingerprint density at radius 1 is 1.45 bits per heavy atom. The van der Waals surface area contributed by atoms with Crippen molar-refractivity contribution in [3.8, 4) is 0 Å². The summed E-state index contributed by atoms with van der Waals surface area (Å²) in [5.74, 6) is -3.34. The highest BCUT2D eigenvalue weighted by Gasteiger charge is 2.45. The van der Waals surface area contributed by atoms with Crippen molar-refractivity contribution in [1.29, 1.82) is 0 Å². The highest BCUT2D eigenvalue weighted by molar-refractivity contribution is 6.03. The summed E-state index contributed by atoms with van der Waals surface area (Å²) >= 11 is 0. The van der Waals surface area contributed by atoms with Gasteiger partial charge in [0, 0.05) is 12.2 Å². The number of esters is 1. The van der Waals surface area contributed by atoms with E-state index in [1.165, 1.54) is 13.8 Å². The quantitative estimate of drug-likeness (QED) is 0.860. The van der Waals surface area contributed by atoms with Crippen LogP contribution >= 0.6 is 0 Å². The molecule has 0 saturated carbocycles. The molecule has 20 heavy (non-hydrogen) atoms. The Kier molecular flexibility index (Phi) is 4.74. The molecule has 1 heterocycles. The summed E-state index contributed by atoms with van der Waals surface area (Å²) in [6.07, 6.45) is -3.97. The summed E-state index contributed by atoms with van der Waals surface area (Å²) in [5, 5.41) is 5.82. The summed E-state index contributed by atoms with van der Waals surface area (Å²) in [4.78, 5) is 23.5. The first kappa shape index (κ1) is 16.0. The van der Waals surface area contributed by atoms with E-state index in [4.69, 9.17) is 4.74 Å². The molecule has 0 aliphatic rings. The molecule has 0 saturated heterocycles. The molecule has 1 N–H and O–H groups in total. The lowest BCUT2D eigenvalue weighted by molar-refractivity contribution is -0.170. The van der Waals surface area contributed by atoms with Gasteiger partial charge in [-0.05, 0) is 20.8 Å². The van der Waals surface area contributed by atoms with Crippen molar-refractivity contribution in [1.82, 2.24) is 10.2 Å². The van der Waals surface area contributed by atoms with Gasteiger partial charge in [0.2, 0.25) is 0 Å². The number of alkyl halides is 3. The zero-order valence-corrected chi connectivity index (χ0v) is 11.1. The molecule has 1 rings (SSSR count). The maximum absolute atomic E-state index is 12.6. The average Bonchev–Trinajstić information content (AvgIpc) is 2.76. The van der Waals surface area contributed by atoms with E-state index in [0.717, 1.165) is 6.20 Å². The van der Waals surface area contributed by atoms with Gasteiger partial charge in [-0.2, -0.15) is 18.3 Å². The van der Waals surface area contributed by atoms with Gasteiger partial charge in [0.25, 0.3) is 0 Å². The molecule has 0 unspecified atom stereocenters. The second-order valence-corrected chi connectivity index (χ2v) is 4.11. The summed E-state index contributed by atoms with van der Waals surface area (Å²) in [6, 6.07) is -0.833. The van der Waals surface area contributed by atoms with Crippen LogP contribution in [0.4, 0.5) is 19.0 Å². The molecule has 0 spiro atoms. The molecule has 9 heteroatoms. The number of anilines is 1. The minimum absolute atomic E-state index is 0.0539. The van der Waals surface area contributed by atoms with E-state index < -0.39 is 29.9 Å². The van der Waals surface area contributed by atoms with Crippen molar-refractivity contribution in [2.24, 2.45) is 0 Å². The third kappa shape index (κ3) is 3.28. The minimum Gasteiger partial charge on any atom is -0.462 e. The second-order valence-electron chi connectivity index (χ2n) is 4.11. The largest absolute Gasteiger partial charge is 0.471 e. The molecule has 0 radical (unpaired) electrons. The van der Waals surface area contributed by atoms with Crippen LogP contribution in [0.1, 0.15) is 31.1 Å². The third-order valence-electron chi connectivity index (χ3n) is 2.32. The van der Waals surface area contributed by atoms with Gasteiger partial charge in [-0.3, -0.25) is 14.8 Å². The Balaban J connectivity index is 3.21. The number of aromatic nitrogens is 2. The lowest BCUT2D eigenvalue weighted by Gasteiger charge is -2.26. The number of hydrogen-bond donors (Lipinski definition) is 1. The number of carbonyl (C=O) groups is 2.